The third kappa shape index (κ3) is 4.42. The van der Waals surface area contributed by atoms with Crippen LogP contribution in [-0.4, -0.2) is 25.3 Å². The molecule has 0 unspecified atom stereocenters. The van der Waals surface area contributed by atoms with Crippen LogP contribution in [0.3, 0.4) is 0 Å². The van der Waals surface area contributed by atoms with Gasteiger partial charge >= 0.3 is 5.97 Å². The number of carbonyl (C=O) groups excluding carboxylic acids is 1. The summed E-state index contributed by atoms with van der Waals surface area (Å²) in [6, 6.07) is 0. The van der Waals surface area contributed by atoms with Crippen molar-refractivity contribution in [2.75, 3.05) is 13.2 Å². The maximum absolute atomic E-state index is 11.2. The summed E-state index contributed by atoms with van der Waals surface area (Å²) in [5.74, 6) is -0.251. The number of hydrogen-bond acceptors (Lipinski definition) is 3. The molecule has 0 radical (unpaired) electrons. The number of hydrogen-bond donors (Lipinski definition) is 0. The molecule has 0 aromatic heterocycles. The summed E-state index contributed by atoms with van der Waals surface area (Å²) in [6.07, 6.45) is 7.37. The predicted molar refractivity (Wildman–Crippen MR) is 54.0 cm³/mol. The molecule has 1 aliphatic carbocycles. The summed E-state index contributed by atoms with van der Waals surface area (Å²) in [5, 5.41) is 0. The van der Waals surface area contributed by atoms with Gasteiger partial charge in [0, 0.05) is 0 Å². The van der Waals surface area contributed by atoms with E-state index in [0.29, 0.717) is 6.61 Å². The molecule has 0 N–H and O–H groups in total. The lowest BCUT2D eigenvalue weighted by molar-refractivity contribution is -0.155. The Bertz CT molecular complexity index is 183. The summed E-state index contributed by atoms with van der Waals surface area (Å²) >= 11 is 0. The van der Waals surface area contributed by atoms with Crippen LogP contribution < -0.4 is 0 Å². The zero-order chi connectivity index (χ0) is 10.2. The van der Waals surface area contributed by atoms with Gasteiger partial charge in [0.2, 0.25) is 0 Å². The quantitative estimate of drug-likeness (QED) is 0.385. The molecule has 0 bridgehead atoms. The zero-order valence-electron chi connectivity index (χ0n) is 8.54. The van der Waals surface area contributed by atoms with Crippen molar-refractivity contribution in [3.63, 3.8) is 0 Å². The molecule has 80 valence electrons. The smallest absolute Gasteiger partial charge is 0.332 e. The van der Waals surface area contributed by atoms with Gasteiger partial charge in [0.25, 0.3) is 0 Å². The largest absolute Gasteiger partial charge is 0.461 e. The van der Waals surface area contributed by atoms with Gasteiger partial charge in [-0.2, -0.15) is 0 Å². The Morgan fingerprint density at radius 3 is 2.71 bits per heavy atom. The second kappa shape index (κ2) is 6.60. The van der Waals surface area contributed by atoms with Gasteiger partial charge in [-0.25, -0.2) is 4.79 Å². The number of ether oxygens (including phenoxy) is 2. The van der Waals surface area contributed by atoms with Crippen LogP contribution in [-0.2, 0) is 14.3 Å². The standard InChI is InChI=1S/C11H18O3/c1-2-8-13-9-11(12)14-10-6-4-3-5-7-10/h2,10H,1,3-9H2. The molecule has 1 rings (SSSR count). The van der Waals surface area contributed by atoms with E-state index in [1.165, 1.54) is 19.3 Å². The fraction of sp³-hybridized carbons (Fsp3) is 0.727. The Morgan fingerprint density at radius 2 is 2.07 bits per heavy atom. The number of esters is 1. The minimum absolute atomic E-state index is 0.0442. The second-order valence-electron chi connectivity index (χ2n) is 3.55. The van der Waals surface area contributed by atoms with Crippen LogP contribution >= 0.6 is 0 Å². The lowest BCUT2D eigenvalue weighted by atomic mass is 9.98. The van der Waals surface area contributed by atoms with E-state index in [0.717, 1.165) is 12.8 Å². The molecule has 0 amide bonds. The maximum atomic E-state index is 11.2. The van der Waals surface area contributed by atoms with Crippen molar-refractivity contribution < 1.29 is 14.3 Å². The van der Waals surface area contributed by atoms with Crippen LogP contribution in [0.5, 0.6) is 0 Å². The number of rotatable bonds is 5. The van der Waals surface area contributed by atoms with Crippen LogP contribution in [0.1, 0.15) is 32.1 Å². The average Bonchev–Trinajstić information content (AvgIpc) is 2.20. The van der Waals surface area contributed by atoms with E-state index in [2.05, 4.69) is 6.58 Å². The van der Waals surface area contributed by atoms with E-state index in [4.69, 9.17) is 9.47 Å². The lowest BCUT2D eigenvalue weighted by Gasteiger charge is -2.21. The van der Waals surface area contributed by atoms with Crippen LogP contribution in [0.15, 0.2) is 12.7 Å². The molecule has 1 fully saturated rings. The van der Waals surface area contributed by atoms with Crippen LogP contribution in [0.4, 0.5) is 0 Å². The summed E-state index contributed by atoms with van der Waals surface area (Å²) in [6.45, 7) is 3.94. The van der Waals surface area contributed by atoms with Gasteiger partial charge < -0.3 is 9.47 Å². The fourth-order valence-electron chi connectivity index (χ4n) is 1.63. The monoisotopic (exact) mass is 198 g/mol. The van der Waals surface area contributed by atoms with E-state index in [1.807, 2.05) is 0 Å². The third-order valence-electron chi connectivity index (χ3n) is 2.31. The first-order chi connectivity index (χ1) is 6.83. The molecular formula is C11H18O3. The van der Waals surface area contributed by atoms with Crippen molar-refractivity contribution in [3.05, 3.63) is 12.7 Å². The van der Waals surface area contributed by atoms with E-state index in [-0.39, 0.29) is 18.7 Å². The van der Waals surface area contributed by atoms with Crippen molar-refractivity contribution in [2.24, 2.45) is 0 Å². The predicted octanol–water partition coefficient (Wildman–Crippen LogP) is 2.06. The normalized spacial score (nSPS) is 17.7. The fourth-order valence-corrected chi connectivity index (χ4v) is 1.63. The summed E-state index contributed by atoms with van der Waals surface area (Å²) < 4.78 is 10.2. The van der Waals surface area contributed by atoms with Gasteiger partial charge in [-0.15, -0.1) is 6.58 Å². The molecule has 0 heterocycles. The van der Waals surface area contributed by atoms with Crippen LogP contribution in [0.2, 0.25) is 0 Å². The highest BCUT2D eigenvalue weighted by Crippen LogP contribution is 2.20. The first-order valence-electron chi connectivity index (χ1n) is 5.21. The van der Waals surface area contributed by atoms with Crippen molar-refractivity contribution in [1.29, 1.82) is 0 Å². The molecule has 1 saturated carbocycles. The molecule has 0 saturated heterocycles. The van der Waals surface area contributed by atoms with Crippen LogP contribution in [0.25, 0.3) is 0 Å². The highest BCUT2D eigenvalue weighted by Gasteiger charge is 2.17. The molecule has 14 heavy (non-hydrogen) atoms. The minimum atomic E-state index is -0.251. The van der Waals surface area contributed by atoms with Gasteiger partial charge in [-0.1, -0.05) is 12.5 Å². The Balaban J connectivity index is 2.09. The first kappa shape index (κ1) is 11.2. The van der Waals surface area contributed by atoms with Crippen molar-refractivity contribution in [2.45, 2.75) is 38.2 Å². The van der Waals surface area contributed by atoms with Crippen LogP contribution in [0, 0.1) is 0 Å². The maximum Gasteiger partial charge on any atom is 0.332 e. The Hall–Kier alpha value is -0.830. The van der Waals surface area contributed by atoms with E-state index in [9.17, 15) is 4.79 Å². The summed E-state index contributed by atoms with van der Waals surface area (Å²) in [4.78, 5) is 11.2. The third-order valence-corrected chi connectivity index (χ3v) is 2.31. The number of carbonyl (C=O) groups is 1. The SMILES string of the molecule is C=CCOCC(=O)OC1CCCCC1. The lowest BCUT2D eigenvalue weighted by Crippen LogP contribution is -2.23. The van der Waals surface area contributed by atoms with Crippen molar-refractivity contribution in [1.82, 2.24) is 0 Å². The van der Waals surface area contributed by atoms with Gasteiger partial charge in [-0.05, 0) is 25.7 Å². The zero-order valence-corrected chi connectivity index (χ0v) is 8.54. The van der Waals surface area contributed by atoms with E-state index in [1.54, 1.807) is 6.08 Å². The minimum Gasteiger partial charge on any atom is -0.461 e. The molecule has 0 aromatic rings. The molecule has 3 nitrogen and oxygen atoms in total. The van der Waals surface area contributed by atoms with Crippen molar-refractivity contribution >= 4 is 5.97 Å². The summed E-state index contributed by atoms with van der Waals surface area (Å²) in [5.41, 5.74) is 0. The van der Waals surface area contributed by atoms with Gasteiger partial charge in [0.1, 0.15) is 12.7 Å². The molecule has 3 heteroatoms. The van der Waals surface area contributed by atoms with Gasteiger partial charge in [-0.3, -0.25) is 0 Å². The Kier molecular flexibility index (Phi) is 5.30. The molecule has 0 atom stereocenters. The topological polar surface area (TPSA) is 35.5 Å². The molecule has 0 aliphatic heterocycles. The summed E-state index contributed by atoms with van der Waals surface area (Å²) in [7, 11) is 0. The van der Waals surface area contributed by atoms with E-state index < -0.39 is 0 Å². The highest BCUT2D eigenvalue weighted by atomic mass is 16.6. The molecular weight excluding hydrogens is 180 g/mol. The van der Waals surface area contributed by atoms with Gasteiger partial charge in [0.15, 0.2) is 0 Å². The highest BCUT2D eigenvalue weighted by molar-refractivity contribution is 5.70. The molecule has 0 aromatic carbocycles. The Morgan fingerprint density at radius 1 is 1.36 bits per heavy atom. The van der Waals surface area contributed by atoms with E-state index >= 15 is 0 Å². The average molecular weight is 198 g/mol. The Labute approximate surface area is 85.1 Å². The molecule has 0 spiro atoms. The van der Waals surface area contributed by atoms with Gasteiger partial charge in [0.05, 0.1) is 6.61 Å². The van der Waals surface area contributed by atoms with Crippen molar-refractivity contribution in [3.8, 4) is 0 Å². The second-order valence-corrected chi connectivity index (χ2v) is 3.55. The first-order valence-corrected chi connectivity index (χ1v) is 5.21. The molecule has 1 aliphatic rings.